The number of aromatic nitrogens is 3. The lowest BCUT2D eigenvalue weighted by molar-refractivity contribution is 1.14. The van der Waals surface area contributed by atoms with Crippen molar-refractivity contribution in [2.24, 2.45) is 0 Å². The van der Waals surface area contributed by atoms with Gasteiger partial charge in [0, 0.05) is 28.8 Å². The zero-order chi connectivity index (χ0) is 13.2. The summed E-state index contributed by atoms with van der Waals surface area (Å²) in [5.74, 6) is 2.08. The predicted molar refractivity (Wildman–Crippen MR) is 84.7 cm³/mol. The molecule has 0 spiro atoms. The van der Waals surface area contributed by atoms with Crippen molar-refractivity contribution in [1.82, 2.24) is 15.0 Å². The molecule has 0 aliphatic heterocycles. The first-order valence-corrected chi connectivity index (χ1v) is 7.23. The summed E-state index contributed by atoms with van der Waals surface area (Å²) in [5, 5.41) is 0. The van der Waals surface area contributed by atoms with Crippen LogP contribution in [-0.4, -0.2) is 15.0 Å². The average Bonchev–Trinajstić information content (AvgIpc) is 2.90. The second-order valence-electron chi connectivity index (χ2n) is 4.20. The molecular formula is C14H13N3S2. The summed E-state index contributed by atoms with van der Waals surface area (Å²) < 4.78 is 0. The molecule has 3 nitrogen and oxygen atoms in total. The summed E-state index contributed by atoms with van der Waals surface area (Å²) in [6.07, 6.45) is 1.79. The molecule has 3 rings (SSSR count). The largest absolute Gasteiger partial charge is 0.341 e. The van der Waals surface area contributed by atoms with E-state index in [1.54, 1.807) is 6.20 Å². The average molecular weight is 287 g/mol. The first kappa shape index (κ1) is 12.6. The molecule has 0 saturated heterocycles. The molecule has 2 heterocycles. The monoisotopic (exact) mass is 287 g/mol. The van der Waals surface area contributed by atoms with E-state index in [4.69, 9.17) is 0 Å². The SMILES string of the molecule is SCc1nc2c(-c3cccnc3CS)cccc2[nH]1. The molecular weight excluding hydrogens is 274 g/mol. The molecule has 0 aliphatic rings. The molecule has 0 bridgehead atoms. The van der Waals surface area contributed by atoms with Gasteiger partial charge in [0.2, 0.25) is 0 Å². The Balaban J connectivity index is 2.27. The molecule has 0 saturated carbocycles. The zero-order valence-electron chi connectivity index (χ0n) is 10.2. The molecule has 1 N–H and O–H groups in total. The molecule has 0 radical (unpaired) electrons. The van der Waals surface area contributed by atoms with Crippen molar-refractivity contribution in [2.75, 3.05) is 0 Å². The van der Waals surface area contributed by atoms with Crippen molar-refractivity contribution in [2.45, 2.75) is 11.5 Å². The summed E-state index contributed by atoms with van der Waals surface area (Å²) in [6.45, 7) is 0. The number of nitrogens with one attached hydrogen (secondary N) is 1. The molecule has 19 heavy (non-hydrogen) atoms. The highest BCUT2D eigenvalue weighted by atomic mass is 32.1. The third-order valence-electron chi connectivity index (χ3n) is 3.04. The van der Waals surface area contributed by atoms with Gasteiger partial charge in [0.15, 0.2) is 0 Å². The Bertz CT molecular complexity index is 722. The van der Waals surface area contributed by atoms with Crippen LogP contribution in [0.1, 0.15) is 11.5 Å². The second kappa shape index (κ2) is 5.27. The van der Waals surface area contributed by atoms with Crippen LogP contribution in [0.3, 0.4) is 0 Å². The van der Waals surface area contributed by atoms with Gasteiger partial charge >= 0.3 is 0 Å². The van der Waals surface area contributed by atoms with E-state index in [1.165, 1.54) is 0 Å². The number of rotatable bonds is 3. The molecule has 0 fully saturated rings. The summed E-state index contributed by atoms with van der Waals surface area (Å²) in [5.41, 5.74) is 5.12. The van der Waals surface area contributed by atoms with Crippen molar-refractivity contribution in [1.29, 1.82) is 0 Å². The Morgan fingerprint density at radius 2 is 1.84 bits per heavy atom. The van der Waals surface area contributed by atoms with Crippen LogP contribution in [0.5, 0.6) is 0 Å². The van der Waals surface area contributed by atoms with Crippen molar-refractivity contribution in [3.05, 3.63) is 48.0 Å². The first-order valence-electron chi connectivity index (χ1n) is 5.97. The maximum Gasteiger partial charge on any atom is 0.117 e. The fourth-order valence-electron chi connectivity index (χ4n) is 2.18. The highest BCUT2D eigenvalue weighted by molar-refractivity contribution is 7.79. The Kier molecular flexibility index (Phi) is 3.48. The van der Waals surface area contributed by atoms with Gasteiger partial charge in [0.1, 0.15) is 5.82 Å². The number of H-pyrrole nitrogens is 1. The normalized spacial score (nSPS) is 11.1. The molecule has 2 aromatic heterocycles. The van der Waals surface area contributed by atoms with E-state index < -0.39 is 0 Å². The number of thiol groups is 2. The number of hydrogen-bond acceptors (Lipinski definition) is 4. The number of pyridine rings is 1. The van der Waals surface area contributed by atoms with E-state index in [2.05, 4.69) is 52.3 Å². The van der Waals surface area contributed by atoms with E-state index in [9.17, 15) is 0 Å². The van der Waals surface area contributed by atoms with Gasteiger partial charge in [-0.2, -0.15) is 25.3 Å². The lowest BCUT2D eigenvalue weighted by Crippen LogP contribution is -1.91. The lowest BCUT2D eigenvalue weighted by atomic mass is 10.0. The molecule has 3 aromatic rings. The highest BCUT2D eigenvalue weighted by Crippen LogP contribution is 2.29. The van der Waals surface area contributed by atoms with Crippen molar-refractivity contribution in [3.63, 3.8) is 0 Å². The van der Waals surface area contributed by atoms with Crippen LogP contribution in [0.4, 0.5) is 0 Å². The van der Waals surface area contributed by atoms with Gasteiger partial charge in [-0.1, -0.05) is 18.2 Å². The topological polar surface area (TPSA) is 41.6 Å². The van der Waals surface area contributed by atoms with E-state index in [1.807, 2.05) is 18.2 Å². The van der Waals surface area contributed by atoms with Crippen LogP contribution in [0, 0.1) is 0 Å². The molecule has 0 amide bonds. The quantitative estimate of drug-likeness (QED) is 0.646. The maximum absolute atomic E-state index is 4.60. The fourth-order valence-corrected chi connectivity index (χ4v) is 2.59. The van der Waals surface area contributed by atoms with E-state index in [0.29, 0.717) is 11.5 Å². The van der Waals surface area contributed by atoms with Crippen LogP contribution >= 0.6 is 25.3 Å². The summed E-state index contributed by atoms with van der Waals surface area (Å²) >= 11 is 8.61. The Hall–Kier alpha value is -1.46. The van der Waals surface area contributed by atoms with Crippen molar-refractivity contribution < 1.29 is 0 Å². The maximum atomic E-state index is 4.60. The van der Waals surface area contributed by atoms with Crippen LogP contribution in [0.2, 0.25) is 0 Å². The Morgan fingerprint density at radius 3 is 2.63 bits per heavy atom. The van der Waals surface area contributed by atoms with E-state index in [0.717, 1.165) is 33.7 Å². The number of imidazole rings is 1. The van der Waals surface area contributed by atoms with E-state index >= 15 is 0 Å². The van der Waals surface area contributed by atoms with Gasteiger partial charge in [-0.05, 0) is 12.1 Å². The number of benzene rings is 1. The number of aromatic amines is 1. The molecule has 1 aromatic carbocycles. The standard InChI is InChI=1S/C14H13N3S2/c18-7-12-9(4-2-6-15-12)10-3-1-5-11-14(10)17-13(8-19)16-11/h1-6,18-19H,7-8H2,(H,16,17). The summed E-state index contributed by atoms with van der Waals surface area (Å²) in [4.78, 5) is 12.2. The van der Waals surface area contributed by atoms with Crippen molar-refractivity contribution >= 4 is 36.3 Å². The molecule has 96 valence electrons. The summed E-state index contributed by atoms with van der Waals surface area (Å²) in [6, 6.07) is 10.1. The zero-order valence-corrected chi connectivity index (χ0v) is 12.0. The molecule has 5 heteroatoms. The number of nitrogens with zero attached hydrogens (tertiary/aromatic N) is 2. The summed E-state index contributed by atoms with van der Waals surface area (Å²) in [7, 11) is 0. The third-order valence-corrected chi connectivity index (χ3v) is 3.64. The van der Waals surface area contributed by atoms with Gasteiger partial charge in [-0.15, -0.1) is 0 Å². The van der Waals surface area contributed by atoms with Gasteiger partial charge < -0.3 is 4.98 Å². The lowest BCUT2D eigenvalue weighted by Gasteiger charge is -2.06. The first-order chi connectivity index (χ1) is 9.33. The minimum Gasteiger partial charge on any atom is -0.341 e. The number of hydrogen-bond donors (Lipinski definition) is 3. The fraction of sp³-hybridized carbons (Fsp3) is 0.143. The van der Waals surface area contributed by atoms with Crippen molar-refractivity contribution in [3.8, 4) is 11.1 Å². The van der Waals surface area contributed by atoms with Gasteiger partial charge in [0.05, 0.1) is 16.7 Å². The number of fused-ring (bicyclic) bond motifs is 1. The smallest absolute Gasteiger partial charge is 0.117 e. The minimum atomic E-state index is 0.598. The molecule has 0 unspecified atom stereocenters. The van der Waals surface area contributed by atoms with Crippen LogP contribution in [0.25, 0.3) is 22.2 Å². The second-order valence-corrected chi connectivity index (χ2v) is 4.83. The molecule has 0 atom stereocenters. The van der Waals surface area contributed by atoms with Gasteiger partial charge in [0.25, 0.3) is 0 Å². The minimum absolute atomic E-state index is 0.598. The Morgan fingerprint density at radius 1 is 1.00 bits per heavy atom. The Labute approximate surface area is 122 Å². The van der Waals surface area contributed by atoms with Crippen LogP contribution in [-0.2, 0) is 11.5 Å². The van der Waals surface area contributed by atoms with Crippen LogP contribution < -0.4 is 0 Å². The molecule has 0 aliphatic carbocycles. The predicted octanol–water partition coefficient (Wildman–Crippen LogP) is 3.48. The van der Waals surface area contributed by atoms with Crippen LogP contribution in [0.15, 0.2) is 36.5 Å². The van der Waals surface area contributed by atoms with Gasteiger partial charge in [-0.25, -0.2) is 4.98 Å². The highest BCUT2D eigenvalue weighted by Gasteiger charge is 2.11. The van der Waals surface area contributed by atoms with E-state index in [-0.39, 0.29) is 0 Å². The number of para-hydroxylation sites is 1. The third kappa shape index (κ3) is 2.24. The van der Waals surface area contributed by atoms with Gasteiger partial charge in [-0.3, -0.25) is 4.98 Å².